The summed E-state index contributed by atoms with van der Waals surface area (Å²) in [5.41, 5.74) is 0. The number of nitrogens with one attached hydrogen (secondary N) is 2. The number of nitrogens with zero attached hydrogens (tertiary/aromatic N) is 2. The molecular weight excluding hydrogens is 176 g/mol. The van der Waals surface area contributed by atoms with E-state index in [0.29, 0.717) is 6.04 Å². The number of aromatic nitrogens is 3. The van der Waals surface area contributed by atoms with Gasteiger partial charge in [-0.15, -0.1) is 5.10 Å². The number of hydrogen-bond donors (Lipinski definition) is 2. The zero-order valence-corrected chi connectivity index (χ0v) is 8.71. The summed E-state index contributed by atoms with van der Waals surface area (Å²) in [7, 11) is 0. The van der Waals surface area contributed by atoms with Crippen LogP contribution in [0.2, 0.25) is 0 Å². The second-order valence-electron chi connectivity index (χ2n) is 4.08. The molecule has 0 saturated heterocycles. The fourth-order valence-electron chi connectivity index (χ4n) is 2.01. The molecule has 0 unspecified atom stereocenters. The molecule has 0 amide bonds. The molecule has 0 spiro atoms. The average molecular weight is 194 g/mol. The first-order chi connectivity index (χ1) is 6.84. The summed E-state index contributed by atoms with van der Waals surface area (Å²) >= 11 is 0. The minimum absolute atomic E-state index is 0.577. The maximum atomic E-state index is 4.26. The van der Waals surface area contributed by atoms with Crippen LogP contribution in [0.1, 0.15) is 44.3 Å². The Bertz CT molecular complexity index is 273. The second kappa shape index (κ2) is 4.44. The molecule has 1 fully saturated rings. The summed E-state index contributed by atoms with van der Waals surface area (Å²) in [5, 5.41) is 10.3. The molecule has 0 radical (unpaired) electrons. The largest absolute Gasteiger partial charge is 0.350 e. The molecule has 0 aliphatic heterocycles. The third-order valence-electron chi connectivity index (χ3n) is 2.79. The predicted octanol–water partition coefficient (Wildman–Crippen LogP) is 2.25. The maximum absolute atomic E-state index is 4.26. The smallest absolute Gasteiger partial charge is 0.242 e. The molecular formula is C10H18N4. The monoisotopic (exact) mass is 194 g/mol. The molecule has 0 bridgehead atoms. The molecule has 1 aliphatic carbocycles. The summed E-state index contributed by atoms with van der Waals surface area (Å²) in [6.07, 6.45) is 7.94. The molecule has 4 heteroatoms. The normalized spacial score (nSPS) is 19.2. The van der Waals surface area contributed by atoms with E-state index in [1.165, 1.54) is 38.5 Å². The number of anilines is 1. The van der Waals surface area contributed by atoms with Crippen molar-refractivity contribution in [2.75, 3.05) is 5.32 Å². The first kappa shape index (κ1) is 9.49. The van der Waals surface area contributed by atoms with Crippen molar-refractivity contribution in [1.82, 2.24) is 15.2 Å². The van der Waals surface area contributed by atoms with Gasteiger partial charge in [-0.3, -0.25) is 5.10 Å². The van der Waals surface area contributed by atoms with Crippen molar-refractivity contribution in [3.8, 4) is 0 Å². The number of hydrogen-bond acceptors (Lipinski definition) is 3. The Morgan fingerprint density at radius 2 is 1.93 bits per heavy atom. The van der Waals surface area contributed by atoms with Crippen LogP contribution in [0.5, 0.6) is 0 Å². The summed E-state index contributed by atoms with van der Waals surface area (Å²) in [4.78, 5) is 4.26. The minimum Gasteiger partial charge on any atom is -0.350 e. The van der Waals surface area contributed by atoms with Crippen molar-refractivity contribution < 1.29 is 0 Å². The Hall–Kier alpha value is -1.06. The lowest BCUT2D eigenvalue weighted by Gasteiger charge is -2.13. The van der Waals surface area contributed by atoms with E-state index in [2.05, 4.69) is 20.5 Å². The Labute approximate surface area is 84.5 Å². The number of aromatic amines is 1. The lowest BCUT2D eigenvalue weighted by atomic mass is 10.1. The minimum atomic E-state index is 0.577. The number of H-pyrrole nitrogens is 1. The van der Waals surface area contributed by atoms with Gasteiger partial charge in [0, 0.05) is 6.04 Å². The first-order valence-electron chi connectivity index (χ1n) is 5.50. The van der Waals surface area contributed by atoms with Crippen molar-refractivity contribution in [1.29, 1.82) is 0 Å². The van der Waals surface area contributed by atoms with Crippen molar-refractivity contribution in [3.05, 3.63) is 5.82 Å². The summed E-state index contributed by atoms with van der Waals surface area (Å²) in [6, 6.07) is 0.577. The van der Waals surface area contributed by atoms with E-state index in [4.69, 9.17) is 0 Å². The van der Waals surface area contributed by atoms with E-state index in [1.54, 1.807) is 0 Å². The molecule has 1 heterocycles. The fraction of sp³-hybridized carbons (Fsp3) is 0.800. The third-order valence-corrected chi connectivity index (χ3v) is 2.79. The Morgan fingerprint density at radius 3 is 2.50 bits per heavy atom. The standard InChI is InChI=1S/C10H18N4/c1-8-11-10(14-13-8)12-9-6-4-2-3-5-7-9/h9H,2-7H2,1H3,(H2,11,12,13,14). The summed E-state index contributed by atoms with van der Waals surface area (Å²) in [6.45, 7) is 1.92. The van der Waals surface area contributed by atoms with Crippen LogP contribution >= 0.6 is 0 Å². The highest BCUT2D eigenvalue weighted by molar-refractivity contribution is 5.24. The van der Waals surface area contributed by atoms with Crippen LogP contribution in [0.4, 0.5) is 5.95 Å². The molecule has 1 aliphatic rings. The first-order valence-corrected chi connectivity index (χ1v) is 5.50. The highest BCUT2D eigenvalue weighted by Crippen LogP contribution is 2.19. The van der Waals surface area contributed by atoms with E-state index in [9.17, 15) is 0 Å². The van der Waals surface area contributed by atoms with Gasteiger partial charge in [-0.05, 0) is 19.8 Å². The van der Waals surface area contributed by atoms with E-state index in [-0.39, 0.29) is 0 Å². The van der Waals surface area contributed by atoms with Gasteiger partial charge in [0.25, 0.3) is 0 Å². The second-order valence-corrected chi connectivity index (χ2v) is 4.08. The van der Waals surface area contributed by atoms with Gasteiger partial charge in [-0.25, -0.2) is 0 Å². The maximum Gasteiger partial charge on any atom is 0.242 e. The lowest BCUT2D eigenvalue weighted by molar-refractivity contribution is 0.615. The topological polar surface area (TPSA) is 53.6 Å². The molecule has 14 heavy (non-hydrogen) atoms. The SMILES string of the molecule is Cc1nc(NC2CCCCCC2)n[nH]1. The molecule has 1 saturated carbocycles. The highest BCUT2D eigenvalue weighted by atomic mass is 15.3. The van der Waals surface area contributed by atoms with Gasteiger partial charge >= 0.3 is 0 Å². The van der Waals surface area contributed by atoms with E-state index in [0.717, 1.165) is 11.8 Å². The van der Waals surface area contributed by atoms with E-state index in [1.807, 2.05) is 6.92 Å². The summed E-state index contributed by atoms with van der Waals surface area (Å²) in [5.74, 6) is 1.63. The average Bonchev–Trinajstić information content (AvgIpc) is 2.43. The third kappa shape index (κ3) is 2.47. The highest BCUT2D eigenvalue weighted by Gasteiger charge is 2.13. The van der Waals surface area contributed by atoms with Crippen molar-refractivity contribution in [2.45, 2.75) is 51.5 Å². The molecule has 0 aromatic carbocycles. The van der Waals surface area contributed by atoms with Crippen molar-refractivity contribution in [2.24, 2.45) is 0 Å². The van der Waals surface area contributed by atoms with Gasteiger partial charge < -0.3 is 5.32 Å². The molecule has 0 atom stereocenters. The molecule has 4 nitrogen and oxygen atoms in total. The van der Waals surface area contributed by atoms with Gasteiger partial charge in [-0.1, -0.05) is 25.7 Å². The quantitative estimate of drug-likeness (QED) is 0.710. The van der Waals surface area contributed by atoms with Gasteiger partial charge in [0.2, 0.25) is 5.95 Å². The van der Waals surface area contributed by atoms with Crippen molar-refractivity contribution >= 4 is 5.95 Å². The van der Waals surface area contributed by atoms with Crippen LogP contribution in [-0.4, -0.2) is 21.2 Å². The zero-order chi connectivity index (χ0) is 9.80. The molecule has 2 N–H and O–H groups in total. The van der Waals surface area contributed by atoms with Gasteiger partial charge in [0.05, 0.1) is 0 Å². The van der Waals surface area contributed by atoms with Crippen LogP contribution in [0.25, 0.3) is 0 Å². The summed E-state index contributed by atoms with van der Waals surface area (Å²) < 4.78 is 0. The molecule has 78 valence electrons. The predicted molar refractivity (Wildman–Crippen MR) is 56.2 cm³/mol. The molecule has 1 aromatic rings. The van der Waals surface area contributed by atoms with E-state index >= 15 is 0 Å². The van der Waals surface area contributed by atoms with Crippen molar-refractivity contribution in [3.63, 3.8) is 0 Å². The number of aryl methyl sites for hydroxylation is 1. The van der Waals surface area contributed by atoms with Gasteiger partial charge in [-0.2, -0.15) is 4.98 Å². The Morgan fingerprint density at radius 1 is 1.21 bits per heavy atom. The Kier molecular flexibility index (Phi) is 3.01. The zero-order valence-electron chi connectivity index (χ0n) is 8.71. The van der Waals surface area contributed by atoms with Gasteiger partial charge in [0.15, 0.2) is 0 Å². The van der Waals surface area contributed by atoms with E-state index < -0.39 is 0 Å². The van der Waals surface area contributed by atoms with Crippen LogP contribution in [0.3, 0.4) is 0 Å². The Balaban J connectivity index is 1.89. The van der Waals surface area contributed by atoms with Crippen LogP contribution in [-0.2, 0) is 0 Å². The van der Waals surface area contributed by atoms with Crippen LogP contribution in [0.15, 0.2) is 0 Å². The van der Waals surface area contributed by atoms with Gasteiger partial charge in [0.1, 0.15) is 5.82 Å². The molecule has 2 rings (SSSR count). The lowest BCUT2D eigenvalue weighted by Crippen LogP contribution is -2.19. The van der Waals surface area contributed by atoms with Crippen LogP contribution < -0.4 is 5.32 Å². The number of rotatable bonds is 2. The molecule has 1 aromatic heterocycles. The fourth-order valence-corrected chi connectivity index (χ4v) is 2.01. The van der Waals surface area contributed by atoms with Crippen LogP contribution in [0, 0.1) is 6.92 Å².